The molecule has 0 aliphatic rings. The van der Waals surface area contributed by atoms with E-state index in [0.717, 1.165) is 12.1 Å². The van der Waals surface area contributed by atoms with Crippen molar-refractivity contribution in [1.29, 1.82) is 0 Å². The normalized spacial score (nSPS) is 12.5. The molecule has 0 radical (unpaired) electrons. The predicted molar refractivity (Wildman–Crippen MR) is 60.2 cm³/mol. The third-order valence-electron chi connectivity index (χ3n) is 2.36. The molecule has 4 N–H and O–H groups in total. The van der Waals surface area contributed by atoms with Crippen LogP contribution < -0.4 is 11.1 Å². The molecule has 0 aliphatic carbocycles. The van der Waals surface area contributed by atoms with Crippen LogP contribution in [0.3, 0.4) is 0 Å². The lowest BCUT2D eigenvalue weighted by atomic mass is 10.2. The highest BCUT2D eigenvalue weighted by atomic mass is 19.1. The van der Waals surface area contributed by atoms with Crippen LogP contribution in [0.1, 0.15) is 19.8 Å². The fourth-order valence-corrected chi connectivity index (χ4v) is 1.31. The SMILES string of the molecule is CCC(O)CCNc1cc(F)cc(F)c1N. The molecular weight excluding hydrogens is 214 g/mol. The highest BCUT2D eigenvalue weighted by molar-refractivity contribution is 5.66. The first-order valence-corrected chi connectivity index (χ1v) is 5.21. The third-order valence-corrected chi connectivity index (χ3v) is 2.36. The van der Waals surface area contributed by atoms with Crippen LogP contribution in [0, 0.1) is 11.6 Å². The number of nitrogens with one attached hydrogen (secondary N) is 1. The second-order valence-corrected chi connectivity index (χ2v) is 3.63. The number of aliphatic hydroxyl groups excluding tert-OH is 1. The van der Waals surface area contributed by atoms with Gasteiger partial charge in [0.1, 0.15) is 5.82 Å². The Morgan fingerprint density at radius 3 is 2.75 bits per heavy atom. The van der Waals surface area contributed by atoms with Crippen molar-refractivity contribution in [2.75, 3.05) is 17.6 Å². The van der Waals surface area contributed by atoms with E-state index >= 15 is 0 Å². The van der Waals surface area contributed by atoms with Gasteiger partial charge >= 0.3 is 0 Å². The summed E-state index contributed by atoms with van der Waals surface area (Å²) in [7, 11) is 0. The molecule has 1 unspecified atom stereocenters. The van der Waals surface area contributed by atoms with Gasteiger partial charge in [-0.15, -0.1) is 0 Å². The number of hydrogen-bond acceptors (Lipinski definition) is 3. The number of benzene rings is 1. The van der Waals surface area contributed by atoms with Gasteiger partial charge in [0.05, 0.1) is 17.5 Å². The molecule has 0 heterocycles. The van der Waals surface area contributed by atoms with E-state index in [4.69, 9.17) is 5.73 Å². The fourth-order valence-electron chi connectivity index (χ4n) is 1.31. The number of hydrogen-bond donors (Lipinski definition) is 3. The van der Waals surface area contributed by atoms with E-state index in [-0.39, 0.29) is 11.4 Å². The summed E-state index contributed by atoms with van der Waals surface area (Å²) >= 11 is 0. The molecule has 0 saturated heterocycles. The Balaban J connectivity index is 2.60. The molecule has 0 aromatic heterocycles. The summed E-state index contributed by atoms with van der Waals surface area (Å²) in [6.07, 6.45) is 0.745. The number of aliphatic hydroxyl groups is 1. The van der Waals surface area contributed by atoms with Gasteiger partial charge in [0, 0.05) is 12.6 Å². The minimum Gasteiger partial charge on any atom is -0.395 e. The quantitative estimate of drug-likeness (QED) is 0.679. The molecule has 0 saturated carbocycles. The average molecular weight is 230 g/mol. The van der Waals surface area contributed by atoms with Crippen molar-refractivity contribution in [2.24, 2.45) is 0 Å². The number of nitrogen functional groups attached to an aromatic ring is 1. The van der Waals surface area contributed by atoms with Gasteiger partial charge in [-0.3, -0.25) is 0 Å². The lowest BCUT2D eigenvalue weighted by Gasteiger charge is -2.12. The van der Waals surface area contributed by atoms with Gasteiger partial charge in [0.25, 0.3) is 0 Å². The number of nitrogens with two attached hydrogens (primary N) is 1. The number of halogens is 2. The second-order valence-electron chi connectivity index (χ2n) is 3.63. The molecule has 1 aromatic carbocycles. The molecule has 0 aliphatic heterocycles. The zero-order valence-electron chi connectivity index (χ0n) is 9.13. The monoisotopic (exact) mass is 230 g/mol. The minimum atomic E-state index is -0.779. The number of rotatable bonds is 5. The van der Waals surface area contributed by atoms with Crippen molar-refractivity contribution in [1.82, 2.24) is 0 Å². The van der Waals surface area contributed by atoms with Crippen molar-refractivity contribution in [3.8, 4) is 0 Å². The van der Waals surface area contributed by atoms with Crippen LogP contribution >= 0.6 is 0 Å². The zero-order chi connectivity index (χ0) is 12.1. The number of anilines is 2. The minimum absolute atomic E-state index is 0.104. The van der Waals surface area contributed by atoms with E-state index in [9.17, 15) is 13.9 Å². The van der Waals surface area contributed by atoms with Crippen LogP contribution in [0.2, 0.25) is 0 Å². The first-order chi connectivity index (χ1) is 7.54. The Hall–Kier alpha value is -1.36. The molecular formula is C11H16F2N2O. The lowest BCUT2D eigenvalue weighted by molar-refractivity contribution is 0.164. The van der Waals surface area contributed by atoms with Gasteiger partial charge in [-0.2, -0.15) is 0 Å². The van der Waals surface area contributed by atoms with E-state index in [1.807, 2.05) is 6.92 Å². The standard InChI is InChI=1S/C11H16F2N2O/c1-2-8(16)3-4-15-10-6-7(12)5-9(13)11(10)14/h5-6,8,15-16H,2-4,14H2,1H3. The van der Waals surface area contributed by atoms with E-state index in [1.165, 1.54) is 0 Å². The molecule has 0 bridgehead atoms. The predicted octanol–water partition coefficient (Wildman–Crippen LogP) is 2.12. The average Bonchev–Trinajstić information content (AvgIpc) is 2.24. The summed E-state index contributed by atoms with van der Waals surface area (Å²) < 4.78 is 25.9. The van der Waals surface area contributed by atoms with Crippen molar-refractivity contribution in [3.63, 3.8) is 0 Å². The van der Waals surface area contributed by atoms with Crippen molar-refractivity contribution >= 4 is 11.4 Å². The highest BCUT2D eigenvalue weighted by Gasteiger charge is 2.08. The van der Waals surface area contributed by atoms with E-state index < -0.39 is 17.7 Å². The van der Waals surface area contributed by atoms with Gasteiger partial charge in [0.2, 0.25) is 0 Å². The summed E-state index contributed by atoms with van der Waals surface area (Å²) in [5.74, 6) is -1.45. The highest BCUT2D eigenvalue weighted by Crippen LogP contribution is 2.23. The van der Waals surface area contributed by atoms with Crippen molar-refractivity contribution in [3.05, 3.63) is 23.8 Å². The molecule has 1 aromatic rings. The van der Waals surface area contributed by atoms with E-state index in [0.29, 0.717) is 19.4 Å². The van der Waals surface area contributed by atoms with E-state index in [2.05, 4.69) is 5.32 Å². The molecule has 3 nitrogen and oxygen atoms in total. The summed E-state index contributed by atoms with van der Waals surface area (Å²) in [5, 5.41) is 12.1. The van der Waals surface area contributed by atoms with Crippen LogP contribution in [-0.2, 0) is 0 Å². The van der Waals surface area contributed by atoms with Gasteiger partial charge in [-0.1, -0.05) is 6.92 Å². The molecule has 1 atom stereocenters. The maximum absolute atomic E-state index is 13.0. The van der Waals surface area contributed by atoms with Crippen LogP contribution in [-0.4, -0.2) is 17.8 Å². The summed E-state index contributed by atoms with van der Waals surface area (Å²) in [4.78, 5) is 0. The smallest absolute Gasteiger partial charge is 0.151 e. The first kappa shape index (κ1) is 12.7. The van der Waals surface area contributed by atoms with Crippen molar-refractivity contribution in [2.45, 2.75) is 25.9 Å². The maximum Gasteiger partial charge on any atom is 0.151 e. The Bertz CT molecular complexity index is 358. The molecule has 90 valence electrons. The fraction of sp³-hybridized carbons (Fsp3) is 0.455. The molecule has 1 rings (SSSR count). The second kappa shape index (κ2) is 5.65. The summed E-state index contributed by atoms with van der Waals surface area (Å²) in [5.41, 5.74) is 5.55. The molecule has 16 heavy (non-hydrogen) atoms. The van der Waals surface area contributed by atoms with Crippen LogP contribution in [0.5, 0.6) is 0 Å². The van der Waals surface area contributed by atoms with E-state index in [1.54, 1.807) is 0 Å². The van der Waals surface area contributed by atoms with Crippen molar-refractivity contribution < 1.29 is 13.9 Å². The Morgan fingerprint density at radius 1 is 1.44 bits per heavy atom. The largest absolute Gasteiger partial charge is 0.395 e. The Labute approximate surface area is 93.3 Å². The van der Waals surface area contributed by atoms with Crippen LogP contribution in [0.4, 0.5) is 20.2 Å². The van der Waals surface area contributed by atoms with Gasteiger partial charge in [-0.25, -0.2) is 8.78 Å². The Kier molecular flexibility index (Phi) is 4.49. The molecule has 0 spiro atoms. The first-order valence-electron chi connectivity index (χ1n) is 5.21. The third kappa shape index (κ3) is 3.34. The lowest BCUT2D eigenvalue weighted by Crippen LogP contribution is -2.13. The topological polar surface area (TPSA) is 58.3 Å². The molecule has 0 amide bonds. The van der Waals surface area contributed by atoms with Gasteiger partial charge in [0.15, 0.2) is 5.82 Å². The molecule has 0 fully saturated rings. The summed E-state index contributed by atoms with van der Waals surface area (Å²) in [6, 6.07) is 1.87. The van der Waals surface area contributed by atoms with Crippen LogP contribution in [0.15, 0.2) is 12.1 Å². The van der Waals surface area contributed by atoms with Gasteiger partial charge < -0.3 is 16.2 Å². The van der Waals surface area contributed by atoms with Crippen LogP contribution in [0.25, 0.3) is 0 Å². The molecule has 5 heteroatoms. The zero-order valence-corrected chi connectivity index (χ0v) is 9.13. The summed E-state index contributed by atoms with van der Waals surface area (Å²) in [6.45, 7) is 2.28. The maximum atomic E-state index is 13.0. The van der Waals surface area contributed by atoms with Gasteiger partial charge in [-0.05, 0) is 18.9 Å². The Morgan fingerprint density at radius 2 is 2.12 bits per heavy atom.